The SMILES string of the molecule is CCN(C)C(=O)C(C)NCCc1cnn(C)c1. The fourth-order valence-corrected chi connectivity index (χ4v) is 1.61. The molecule has 1 aromatic heterocycles. The van der Waals surface area contributed by atoms with Gasteiger partial charge in [-0.25, -0.2) is 0 Å². The Hall–Kier alpha value is -1.36. The van der Waals surface area contributed by atoms with Gasteiger partial charge in [-0.3, -0.25) is 9.48 Å². The Bertz CT molecular complexity index is 361. The van der Waals surface area contributed by atoms with Crippen LogP contribution in [0.15, 0.2) is 12.4 Å². The van der Waals surface area contributed by atoms with Crippen LogP contribution in [-0.2, 0) is 18.3 Å². The Morgan fingerprint density at radius 3 is 2.88 bits per heavy atom. The van der Waals surface area contributed by atoms with Crippen LogP contribution in [-0.4, -0.2) is 46.8 Å². The van der Waals surface area contributed by atoms with Crippen LogP contribution in [0.3, 0.4) is 0 Å². The fraction of sp³-hybridized carbons (Fsp3) is 0.667. The Kier molecular flexibility index (Phi) is 5.15. The highest BCUT2D eigenvalue weighted by Crippen LogP contribution is 1.97. The number of carbonyl (C=O) groups is 1. The van der Waals surface area contributed by atoms with Crippen LogP contribution in [0.4, 0.5) is 0 Å². The van der Waals surface area contributed by atoms with Crippen molar-refractivity contribution in [2.24, 2.45) is 7.05 Å². The van der Waals surface area contributed by atoms with E-state index < -0.39 is 0 Å². The van der Waals surface area contributed by atoms with Crippen LogP contribution >= 0.6 is 0 Å². The predicted octanol–water partition coefficient (Wildman–Crippen LogP) is 0.419. The van der Waals surface area contributed by atoms with E-state index in [1.165, 1.54) is 5.56 Å². The van der Waals surface area contributed by atoms with E-state index >= 15 is 0 Å². The summed E-state index contributed by atoms with van der Waals surface area (Å²) in [6, 6.07) is -0.128. The predicted molar refractivity (Wildman–Crippen MR) is 67.7 cm³/mol. The van der Waals surface area contributed by atoms with Crippen molar-refractivity contribution in [2.75, 3.05) is 20.1 Å². The van der Waals surface area contributed by atoms with Crippen molar-refractivity contribution in [1.29, 1.82) is 0 Å². The lowest BCUT2D eigenvalue weighted by atomic mass is 10.2. The zero-order valence-electron chi connectivity index (χ0n) is 11.1. The van der Waals surface area contributed by atoms with Crippen molar-refractivity contribution in [1.82, 2.24) is 20.0 Å². The number of aromatic nitrogens is 2. The van der Waals surface area contributed by atoms with Crippen LogP contribution < -0.4 is 5.32 Å². The van der Waals surface area contributed by atoms with Gasteiger partial charge in [0.15, 0.2) is 0 Å². The molecule has 1 N–H and O–H groups in total. The van der Waals surface area contributed by atoms with Gasteiger partial charge in [-0.1, -0.05) is 0 Å². The summed E-state index contributed by atoms with van der Waals surface area (Å²) >= 11 is 0. The van der Waals surface area contributed by atoms with Gasteiger partial charge in [-0.15, -0.1) is 0 Å². The first-order valence-electron chi connectivity index (χ1n) is 6.00. The first-order valence-corrected chi connectivity index (χ1v) is 6.00. The van der Waals surface area contributed by atoms with Gasteiger partial charge in [0, 0.05) is 33.4 Å². The van der Waals surface area contributed by atoms with Gasteiger partial charge in [-0.2, -0.15) is 5.10 Å². The highest BCUT2D eigenvalue weighted by atomic mass is 16.2. The third-order valence-electron chi connectivity index (χ3n) is 2.84. The number of hydrogen-bond donors (Lipinski definition) is 1. The molecule has 0 saturated heterocycles. The van der Waals surface area contributed by atoms with Crippen LogP contribution in [0.1, 0.15) is 19.4 Å². The van der Waals surface area contributed by atoms with E-state index in [9.17, 15) is 4.79 Å². The number of carbonyl (C=O) groups excluding carboxylic acids is 1. The van der Waals surface area contributed by atoms with Crippen LogP contribution in [0, 0.1) is 0 Å². The summed E-state index contributed by atoms with van der Waals surface area (Å²) in [5.41, 5.74) is 1.18. The third kappa shape index (κ3) is 4.19. The molecule has 0 fully saturated rings. The summed E-state index contributed by atoms with van der Waals surface area (Å²) in [5, 5.41) is 7.33. The molecule has 5 nitrogen and oxygen atoms in total. The van der Waals surface area contributed by atoms with E-state index in [1.807, 2.05) is 40.3 Å². The average molecular weight is 238 g/mol. The minimum absolute atomic E-state index is 0.128. The number of amides is 1. The van der Waals surface area contributed by atoms with Gasteiger partial charge >= 0.3 is 0 Å². The zero-order valence-corrected chi connectivity index (χ0v) is 11.1. The van der Waals surface area contributed by atoms with Crippen molar-refractivity contribution in [2.45, 2.75) is 26.3 Å². The third-order valence-corrected chi connectivity index (χ3v) is 2.84. The summed E-state index contributed by atoms with van der Waals surface area (Å²) in [4.78, 5) is 13.5. The first-order chi connectivity index (χ1) is 8.04. The quantitative estimate of drug-likeness (QED) is 0.781. The largest absolute Gasteiger partial charge is 0.345 e. The van der Waals surface area contributed by atoms with Gasteiger partial charge in [0.1, 0.15) is 0 Å². The number of rotatable bonds is 6. The van der Waals surface area contributed by atoms with Crippen molar-refractivity contribution in [3.63, 3.8) is 0 Å². The lowest BCUT2D eigenvalue weighted by Gasteiger charge is -2.20. The molecular weight excluding hydrogens is 216 g/mol. The number of likely N-dealkylation sites (N-methyl/N-ethyl adjacent to an activating group) is 1. The summed E-state index contributed by atoms with van der Waals surface area (Å²) in [7, 11) is 3.72. The Morgan fingerprint density at radius 2 is 2.35 bits per heavy atom. The minimum atomic E-state index is -0.128. The van der Waals surface area contributed by atoms with E-state index in [0.717, 1.165) is 19.5 Å². The molecule has 0 bridgehead atoms. The highest BCUT2D eigenvalue weighted by molar-refractivity contribution is 5.81. The molecule has 1 unspecified atom stereocenters. The molecular formula is C12H22N4O. The normalized spacial score (nSPS) is 12.5. The second-order valence-corrected chi connectivity index (χ2v) is 4.30. The topological polar surface area (TPSA) is 50.2 Å². The minimum Gasteiger partial charge on any atom is -0.345 e. The average Bonchev–Trinajstić information content (AvgIpc) is 2.72. The van der Waals surface area contributed by atoms with Gasteiger partial charge in [-0.05, 0) is 25.8 Å². The first kappa shape index (κ1) is 13.7. The lowest BCUT2D eigenvalue weighted by molar-refractivity contribution is -0.131. The van der Waals surface area contributed by atoms with E-state index in [0.29, 0.717) is 0 Å². The van der Waals surface area contributed by atoms with Crippen LogP contribution in [0.5, 0.6) is 0 Å². The van der Waals surface area contributed by atoms with E-state index in [2.05, 4.69) is 10.4 Å². The van der Waals surface area contributed by atoms with Gasteiger partial charge in [0.2, 0.25) is 5.91 Å². The summed E-state index contributed by atoms with van der Waals surface area (Å²) in [6.07, 6.45) is 4.74. The monoisotopic (exact) mass is 238 g/mol. The molecule has 17 heavy (non-hydrogen) atoms. The maximum Gasteiger partial charge on any atom is 0.239 e. The number of aryl methyl sites for hydroxylation is 1. The molecule has 0 spiro atoms. The molecule has 1 atom stereocenters. The molecule has 0 aliphatic heterocycles. The second-order valence-electron chi connectivity index (χ2n) is 4.30. The summed E-state index contributed by atoms with van der Waals surface area (Å²) in [5.74, 6) is 0.138. The molecule has 1 aromatic rings. The molecule has 1 heterocycles. The molecule has 5 heteroatoms. The van der Waals surface area contributed by atoms with E-state index in [1.54, 1.807) is 9.58 Å². The smallest absolute Gasteiger partial charge is 0.239 e. The Labute approximate surface area is 103 Å². The highest BCUT2D eigenvalue weighted by Gasteiger charge is 2.14. The van der Waals surface area contributed by atoms with E-state index in [-0.39, 0.29) is 11.9 Å². The summed E-state index contributed by atoms with van der Waals surface area (Å²) in [6.45, 7) is 5.40. The van der Waals surface area contributed by atoms with Crippen molar-refractivity contribution in [3.8, 4) is 0 Å². The zero-order chi connectivity index (χ0) is 12.8. The number of nitrogens with one attached hydrogen (secondary N) is 1. The van der Waals surface area contributed by atoms with Crippen molar-refractivity contribution in [3.05, 3.63) is 18.0 Å². The number of hydrogen-bond acceptors (Lipinski definition) is 3. The maximum absolute atomic E-state index is 11.8. The summed E-state index contributed by atoms with van der Waals surface area (Å²) < 4.78 is 1.79. The standard InChI is InChI=1S/C12H22N4O/c1-5-15(3)12(17)10(2)13-7-6-11-8-14-16(4)9-11/h8-10,13H,5-7H2,1-4H3. The molecule has 0 radical (unpaired) electrons. The van der Waals surface area contributed by atoms with E-state index in [4.69, 9.17) is 0 Å². The molecule has 1 rings (SSSR count). The lowest BCUT2D eigenvalue weighted by Crippen LogP contribution is -2.43. The van der Waals surface area contributed by atoms with Gasteiger partial charge in [0.05, 0.1) is 12.2 Å². The molecule has 96 valence electrons. The number of nitrogens with zero attached hydrogens (tertiary/aromatic N) is 3. The van der Waals surface area contributed by atoms with Crippen molar-refractivity contribution >= 4 is 5.91 Å². The van der Waals surface area contributed by atoms with Gasteiger partial charge < -0.3 is 10.2 Å². The molecule has 0 aliphatic rings. The Morgan fingerprint density at radius 1 is 1.65 bits per heavy atom. The molecule has 1 amide bonds. The molecule has 0 aliphatic carbocycles. The van der Waals surface area contributed by atoms with Gasteiger partial charge in [0.25, 0.3) is 0 Å². The fourth-order valence-electron chi connectivity index (χ4n) is 1.61. The van der Waals surface area contributed by atoms with Crippen LogP contribution in [0.25, 0.3) is 0 Å². The molecule has 0 saturated carbocycles. The Balaban J connectivity index is 2.29. The second kappa shape index (κ2) is 6.39. The van der Waals surface area contributed by atoms with Crippen LogP contribution in [0.2, 0.25) is 0 Å². The van der Waals surface area contributed by atoms with Crippen molar-refractivity contribution < 1.29 is 4.79 Å². The molecule has 0 aromatic carbocycles. The maximum atomic E-state index is 11.8.